The highest BCUT2D eigenvalue weighted by Gasteiger charge is 2.14. The standard InChI is InChI=1S/C20H18FNO3/c21-17-8-4-7-16(11-17)13-22(12-15-5-2-1-3-6-15)14-18-9-10-19(25-18)20(23)24/h1-11H,12-14H2,(H,23,24). The van der Waals surface area contributed by atoms with Crippen LogP contribution >= 0.6 is 0 Å². The van der Waals surface area contributed by atoms with Gasteiger partial charge >= 0.3 is 5.97 Å². The second-order valence-corrected chi connectivity index (χ2v) is 5.83. The predicted molar refractivity (Wildman–Crippen MR) is 91.5 cm³/mol. The second-order valence-electron chi connectivity index (χ2n) is 5.83. The molecular weight excluding hydrogens is 321 g/mol. The van der Waals surface area contributed by atoms with Crippen molar-refractivity contribution in [3.05, 3.63) is 95.2 Å². The van der Waals surface area contributed by atoms with E-state index in [-0.39, 0.29) is 11.6 Å². The van der Waals surface area contributed by atoms with Gasteiger partial charge in [0.2, 0.25) is 5.76 Å². The first-order valence-electron chi connectivity index (χ1n) is 7.93. The number of hydrogen-bond acceptors (Lipinski definition) is 3. The first-order chi connectivity index (χ1) is 12.1. The molecule has 1 aromatic heterocycles. The summed E-state index contributed by atoms with van der Waals surface area (Å²) in [6, 6.07) is 19.5. The van der Waals surface area contributed by atoms with Gasteiger partial charge in [0.1, 0.15) is 11.6 Å². The van der Waals surface area contributed by atoms with Crippen molar-refractivity contribution >= 4 is 5.97 Å². The Bertz CT molecular complexity index is 845. The van der Waals surface area contributed by atoms with Crippen LogP contribution in [-0.2, 0) is 19.6 Å². The van der Waals surface area contributed by atoms with Crippen LogP contribution in [0, 0.1) is 5.82 Å². The quantitative estimate of drug-likeness (QED) is 0.696. The van der Waals surface area contributed by atoms with Crippen molar-refractivity contribution in [2.75, 3.05) is 0 Å². The van der Waals surface area contributed by atoms with Crippen molar-refractivity contribution in [3.63, 3.8) is 0 Å². The molecule has 1 N–H and O–H groups in total. The Labute approximate surface area is 145 Å². The number of rotatable bonds is 7. The Morgan fingerprint density at radius 2 is 1.64 bits per heavy atom. The van der Waals surface area contributed by atoms with E-state index in [0.717, 1.165) is 11.1 Å². The van der Waals surface area contributed by atoms with Crippen molar-refractivity contribution < 1.29 is 18.7 Å². The summed E-state index contributed by atoms with van der Waals surface area (Å²) in [7, 11) is 0. The maximum Gasteiger partial charge on any atom is 0.371 e. The molecule has 1 heterocycles. The lowest BCUT2D eigenvalue weighted by molar-refractivity contribution is 0.0658. The summed E-state index contributed by atoms with van der Waals surface area (Å²) in [6.45, 7) is 1.59. The second kappa shape index (κ2) is 7.77. The van der Waals surface area contributed by atoms with Crippen LogP contribution in [0.5, 0.6) is 0 Å². The molecule has 5 heteroatoms. The molecule has 0 aliphatic heterocycles. The van der Waals surface area contributed by atoms with Gasteiger partial charge in [0, 0.05) is 13.1 Å². The van der Waals surface area contributed by atoms with Gasteiger partial charge in [0.25, 0.3) is 0 Å². The fourth-order valence-electron chi connectivity index (χ4n) is 2.70. The van der Waals surface area contributed by atoms with Gasteiger partial charge in [-0.25, -0.2) is 9.18 Å². The van der Waals surface area contributed by atoms with Crippen LogP contribution in [0.15, 0.2) is 71.1 Å². The third-order valence-electron chi connectivity index (χ3n) is 3.80. The summed E-state index contributed by atoms with van der Waals surface area (Å²) in [5, 5.41) is 8.98. The van der Waals surface area contributed by atoms with Crippen LogP contribution in [0.25, 0.3) is 0 Å². The van der Waals surface area contributed by atoms with Crippen LogP contribution < -0.4 is 0 Å². The third kappa shape index (κ3) is 4.78. The monoisotopic (exact) mass is 339 g/mol. The number of carbonyl (C=O) groups is 1. The summed E-state index contributed by atoms with van der Waals surface area (Å²) < 4.78 is 18.8. The SMILES string of the molecule is O=C(O)c1ccc(CN(Cc2ccccc2)Cc2cccc(F)c2)o1. The Morgan fingerprint density at radius 1 is 0.920 bits per heavy atom. The molecule has 0 saturated carbocycles. The summed E-state index contributed by atoms with van der Waals surface area (Å²) in [4.78, 5) is 13.0. The van der Waals surface area contributed by atoms with Crippen molar-refractivity contribution in [2.24, 2.45) is 0 Å². The number of carboxylic acids is 1. The van der Waals surface area contributed by atoms with E-state index in [2.05, 4.69) is 4.90 Å². The molecule has 4 nitrogen and oxygen atoms in total. The Balaban J connectivity index is 1.78. The zero-order valence-corrected chi connectivity index (χ0v) is 13.6. The van der Waals surface area contributed by atoms with Crippen LogP contribution in [0.1, 0.15) is 27.4 Å². The van der Waals surface area contributed by atoms with Crippen LogP contribution in [0.3, 0.4) is 0 Å². The number of carboxylic acid groups (broad SMARTS) is 1. The van der Waals surface area contributed by atoms with E-state index in [0.29, 0.717) is 25.4 Å². The number of hydrogen-bond donors (Lipinski definition) is 1. The van der Waals surface area contributed by atoms with Crippen LogP contribution in [-0.4, -0.2) is 16.0 Å². The summed E-state index contributed by atoms with van der Waals surface area (Å²) in [5.74, 6) is -0.889. The fourth-order valence-corrected chi connectivity index (χ4v) is 2.70. The highest BCUT2D eigenvalue weighted by atomic mass is 19.1. The van der Waals surface area contributed by atoms with Gasteiger partial charge in [-0.05, 0) is 35.4 Å². The van der Waals surface area contributed by atoms with E-state index in [1.807, 2.05) is 36.4 Å². The Morgan fingerprint density at radius 3 is 2.32 bits per heavy atom. The van der Waals surface area contributed by atoms with Gasteiger partial charge < -0.3 is 9.52 Å². The van der Waals surface area contributed by atoms with E-state index in [4.69, 9.17) is 9.52 Å². The lowest BCUT2D eigenvalue weighted by Crippen LogP contribution is -2.22. The normalized spacial score (nSPS) is 11.0. The molecule has 0 bridgehead atoms. The van der Waals surface area contributed by atoms with Gasteiger partial charge in [0.15, 0.2) is 0 Å². The largest absolute Gasteiger partial charge is 0.475 e. The maximum atomic E-state index is 13.5. The van der Waals surface area contributed by atoms with E-state index in [9.17, 15) is 9.18 Å². The number of nitrogens with zero attached hydrogens (tertiary/aromatic N) is 1. The molecule has 0 aliphatic rings. The van der Waals surface area contributed by atoms with Crippen molar-refractivity contribution in [3.8, 4) is 0 Å². The minimum Gasteiger partial charge on any atom is -0.475 e. The molecule has 0 amide bonds. The molecule has 0 fully saturated rings. The third-order valence-corrected chi connectivity index (χ3v) is 3.80. The van der Waals surface area contributed by atoms with Gasteiger partial charge in [-0.1, -0.05) is 42.5 Å². The molecule has 0 atom stereocenters. The van der Waals surface area contributed by atoms with Crippen molar-refractivity contribution in [1.29, 1.82) is 0 Å². The molecule has 2 aromatic carbocycles. The van der Waals surface area contributed by atoms with E-state index >= 15 is 0 Å². The molecule has 3 rings (SSSR count). The molecular formula is C20H18FNO3. The number of aromatic carboxylic acids is 1. The van der Waals surface area contributed by atoms with E-state index in [1.54, 1.807) is 12.1 Å². The van der Waals surface area contributed by atoms with Gasteiger partial charge in [-0.2, -0.15) is 0 Å². The van der Waals surface area contributed by atoms with Crippen LogP contribution in [0.2, 0.25) is 0 Å². The Kier molecular flexibility index (Phi) is 5.26. The topological polar surface area (TPSA) is 53.7 Å². The summed E-state index contributed by atoms with van der Waals surface area (Å²) in [5.41, 5.74) is 1.96. The highest BCUT2D eigenvalue weighted by Crippen LogP contribution is 2.17. The maximum absolute atomic E-state index is 13.5. The number of furan rings is 1. The molecule has 3 aromatic rings. The lowest BCUT2D eigenvalue weighted by Gasteiger charge is -2.21. The highest BCUT2D eigenvalue weighted by molar-refractivity contribution is 5.84. The fraction of sp³-hybridized carbons (Fsp3) is 0.150. The Hall–Kier alpha value is -2.92. The molecule has 128 valence electrons. The van der Waals surface area contributed by atoms with Gasteiger partial charge in [0.05, 0.1) is 6.54 Å². The first kappa shape index (κ1) is 16.9. The smallest absolute Gasteiger partial charge is 0.371 e. The minimum absolute atomic E-state index is 0.0829. The molecule has 0 saturated heterocycles. The molecule has 0 spiro atoms. The molecule has 0 unspecified atom stereocenters. The lowest BCUT2D eigenvalue weighted by atomic mass is 10.1. The van der Waals surface area contributed by atoms with Gasteiger partial charge in [-0.3, -0.25) is 4.90 Å². The molecule has 25 heavy (non-hydrogen) atoms. The number of halogens is 1. The summed E-state index contributed by atoms with van der Waals surface area (Å²) in [6.07, 6.45) is 0. The summed E-state index contributed by atoms with van der Waals surface area (Å²) >= 11 is 0. The predicted octanol–water partition coefficient (Wildman–Crippen LogP) is 4.32. The average Bonchev–Trinajstić information content (AvgIpc) is 3.04. The molecule has 0 radical (unpaired) electrons. The first-order valence-corrected chi connectivity index (χ1v) is 7.93. The van der Waals surface area contributed by atoms with Crippen LogP contribution in [0.4, 0.5) is 4.39 Å². The van der Waals surface area contributed by atoms with Crippen molar-refractivity contribution in [1.82, 2.24) is 4.90 Å². The molecule has 0 aliphatic carbocycles. The minimum atomic E-state index is -1.09. The number of benzene rings is 2. The van der Waals surface area contributed by atoms with Crippen molar-refractivity contribution in [2.45, 2.75) is 19.6 Å². The van der Waals surface area contributed by atoms with Gasteiger partial charge in [-0.15, -0.1) is 0 Å². The van der Waals surface area contributed by atoms with E-state index < -0.39 is 5.97 Å². The zero-order chi connectivity index (χ0) is 17.6. The van der Waals surface area contributed by atoms with E-state index in [1.165, 1.54) is 18.2 Å². The average molecular weight is 339 g/mol. The zero-order valence-electron chi connectivity index (χ0n) is 13.6.